The van der Waals surface area contributed by atoms with Crippen LogP contribution >= 0.6 is 0 Å². The van der Waals surface area contributed by atoms with Crippen LogP contribution < -0.4 is 0 Å². The van der Waals surface area contributed by atoms with E-state index in [0.29, 0.717) is 25.1 Å². The number of carbonyl (C=O) groups is 2. The van der Waals surface area contributed by atoms with Crippen LogP contribution in [0.1, 0.15) is 34.9 Å². The summed E-state index contributed by atoms with van der Waals surface area (Å²) in [5.74, 6) is 0. The van der Waals surface area contributed by atoms with Crippen LogP contribution in [0.4, 0.5) is 4.79 Å². The smallest absolute Gasteiger partial charge is 0.410 e. The van der Waals surface area contributed by atoms with Crippen LogP contribution in [0, 0.1) is 0 Å². The predicted molar refractivity (Wildman–Crippen MR) is 81.9 cm³/mol. The van der Waals surface area contributed by atoms with Crippen LogP contribution in [0.5, 0.6) is 0 Å². The number of ether oxygens (including phenoxy) is 1. The van der Waals surface area contributed by atoms with Crippen molar-refractivity contribution in [1.82, 2.24) is 19.9 Å². The molecule has 3 rings (SSSR count). The Balaban J connectivity index is 1.48. The topological polar surface area (TPSA) is 77.3 Å². The highest BCUT2D eigenvalue weighted by Crippen LogP contribution is 2.22. The van der Waals surface area contributed by atoms with Crippen molar-refractivity contribution in [3.8, 4) is 0 Å². The van der Waals surface area contributed by atoms with Gasteiger partial charge in [0.1, 0.15) is 12.3 Å². The van der Waals surface area contributed by atoms with E-state index < -0.39 is 0 Å². The van der Waals surface area contributed by atoms with E-state index >= 15 is 0 Å². The molecule has 7 nitrogen and oxygen atoms in total. The molecule has 2 aromatic rings. The van der Waals surface area contributed by atoms with Gasteiger partial charge in [0.15, 0.2) is 6.29 Å². The Bertz CT molecular complexity index is 663. The lowest BCUT2D eigenvalue weighted by molar-refractivity contribution is 0.0820. The van der Waals surface area contributed by atoms with Crippen molar-refractivity contribution in [2.24, 2.45) is 0 Å². The van der Waals surface area contributed by atoms with Crippen molar-refractivity contribution < 1.29 is 14.3 Å². The van der Waals surface area contributed by atoms with Crippen LogP contribution in [0.3, 0.4) is 0 Å². The zero-order chi connectivity index (χ0) is 16.1. The first-order valence-electron chi connectivity index (χ1n) is 7.59. The van der Waals surface area contributed by atoms with E-state index in [4.69, 9.17) is 4.74 Å². The van der Waals surface area contributed by atoms with E-state index in [1.165, 1.54) is 0 Å². The van der Waals surface area contributed by atoms with Gasteiger partial charge in [-0.2, -0.15) is 0 Å². The molecule has 0 spiro atoms. The summed E-state index contributed by atoms with van der Waals surface area (Å²) in [6.45, 7) is 1.49. The number of hydrogen-bond acceptors (Lipinski definition) is 5. The second kappa shape index (κ2) is 7.04. The minimum atomic E-state index is -0.292. The summed E-state index contributed by atoms with van der Waals surface area (Å²) < 4.78 is 7.04. The van der Waals surface area contributed by atoms with E-state index in [1.54, 1.807) is 15.8 Å². The fourth-order valence-corrected chi connectivity index (χ4v) is 2.65. The van der Waals surface area contributed by atoms with Crippen LogP contribution in [0.25, 0.3) is 0 Å². The molecule has 0 bridgehead atoms. The quantitative estimate of drug-likeness (QED) is 0.807. The van der Waals surface area contributed by atoms with E-state index in [-0.39, 0.29) is 18.7 Å². The first-order chi connectivity index (χ1) is 11.3. The van der Waals surface area contributed by atoms with Crippen LogP contribution in [0.2, 0.25) is 0 Å². The van der Waals surface area contributed by atoms with Crippen molar-refractivity contribution in [2.75, 3.05) is 13.1 Å². The summed E-state index contributed by atoms with van der Waals surface area (Å²) in [6.07, 6.45) is 3.56. The fourth-order valence-electron chi connectivity index (χ4n) is 2.65. The van der Waals surface area contributed by atoms with Gasteiger partial charge in [0.05, 0.1) is 12.2 Å². The van der Waals surface area contributed by atoms with E-state index in [1.807, 2.05) is 30.3 Å². The van der Waals surface area contributed by atoms with Gasteiger partial charge in [-0.05, 0) is 18.4 Å². The first kappa shape index (κ1) is 15.2. The lowest BCUT2D eigenvalue weighted by atomic mass is 10.1. The molecule has 1 amide bonds. The molecule has 23 heavy (non-hydrogen) atoms. The highest BCUT2D eigenvalue weighted by molar-refractivity contribution is 5.70. The number of hydrogen-bond donors (Lipinski definition) is 0. The van der Waals surface area contributed by atoms with Crippen molar-refractivity contribution >= 4 is 12.4 Å². The van der Waals surface area contributed by atoms with Gasteiger partial charge in [-0.25, -0.2) is 9.48 Å². The van der Waals surface area contributed by atoms with Gasteiger partial charge >= 0.3 is 6.09 Å². The van der Waals surface area contributed by atoms with Crippen LogP contribution in [0.15, 0.2) is 36.5 Å². The van der Waals surface area contributed by atoms with E-state index in [9.17, 15) is 9.59 Å². The third-order valence-electron chi connectivity index (χ3n) is 3.95. The SMILES string of the molecule is O=Cc1cn(C2CCN(C(=O)OCc3ccccc3)CC2)nn1. The lowest BCUT2D eigenvalue weighted by Crippen LogP contribution is -2.39. The lowest BCUT2D eigenvalue weighted by Gasteiger charge is -2.31. The van der Waals surface area contributed by atoms with E-state index in [2.05, 4.69) is 10.3 Å². The van der Waals surface area contributed by atoms with Gasteiger partial charge in [0.2, 0.25) is 0 Å². The number of rotatable bonds is 4. The normalized spacial score (nSPS) is 15.4. The molecule has 1 aromatic carbocycles. The number of aldehydes is 1. The summed E-state index contributed by atoms with van der Waals surface area (Å²) in [5.41, 5.74) is 1.30. The number of benzene rings is 1. The molecular formula is C16H18N4O3. The second-order valence-corrected chi connectivity index (χ2v) is 5.50. The van der Waals surface area contributed by atoms with Crippen LogP contribution in [-0.4, -0.2) is 45.4 Å². The summed E-state index contributed by atoms with van der Waals surface area (Å²) >= 11 is 0. The zero-order valence-corrected chi connectivity index (χ0v) is 12.7. The Morgan fingerprint density at radius 2 is 2.00 bits per heavy atom. The van der Waals surface area contributed by atoms with Gasteiger partial charge in [0, 0.05) is 13.1 Å². The number of likely N-dealkylation sites (tertiary alicyclic amines) is 1. The van der Waals surface area contributed by atoms with Crippen LogP contribution in [-0.2, 0) is 11.3 Å². The Kier molecular flexibility index (Phi) is 4.65. The molecule has 1 fully saturated rings. The summed E-state index contributed by atoms with van der Waals surface area (Å²) in [6, 6.07) is 9.77. The Hall–Kier alpha value is -2.70. The average Bonchev–Trinajstić information content (AvgIpc) is 3.10. The van der Waals surface area contributed by atoms with Crippen molar-refractivity contribution in [2.45, 2.75) is 25.5 Å². The summed E-state index contributed by atoms with van der Waals surface area (Å²) in [4.78, 5) is 24.4. The van der Waals surface area contributed by atoms with Gasteiger partial charge in [-0.15, -0.1) is 5.10 Å². The second-order valence-electron chi connectivity index (χ2n) is 5.50. The summed E-state index contributed by atoms with van der Waals surface area (Å²) in [7, 11) is 0. The Labute approximate surface area is 133 Å². The molecule has 0 aliphatic carbocycles. The van der Waals surface area contributed by atoms with Gasteiger partial charge in [0.25, 0.3) is 0 Å². The third-order valence-corrected chi connectivity index (χ3v) is 3.95. The highest BCUT2D eigenvalue weighted by Gasteiger charge is 2.25. The van der Waals surface area contributed by atoms with Gasteiger partial charge in [-0.3, -0.25) is 4.79 Å². The number of aromatic nitrogens is 3. The minimum Gasteiger partial charge on any atom is -0.445 e. The third kappa shape index (κ3) is 3.74. The van der Waals surface area contributed by atoms with Crippen molar-refractivity contribution in [3.05, 3.63) is 47.8 Å². The number of carbonyl (C=O) groups excluding carboxylic acids is 2. The fraction of sp³-hybridized carbons (Fsp3) is 0.375. The molecule has 1 aromatic heterocycles. The maximum absolute atomic E-state index is 12.1. The molecule has 0 saturated carbocycles. The molecular weight excluding hydrogens is 296 g/mol. The molecule has 1 aliphatic heterocycles. The highest BCUT2D eigenvalue weighted by atomic mass is 16.6. The standard InChI is InChI=1S/C16H18N4O3/c21-11-14-10-20(18-17-14)15-6-8-19(9-7-15)16(22)23-12-13-4-2-1-3-5-13/h1-5,10-11,15H,6-9,12H2. The van der Waals surface area contributed by atoms with Crippen molar-refractivity contribution in [3.63, 3.8) is 0 Å². The number of amides is 1. The molecule has 0 N–H and O–H groups in total. The predicted octanol–water partition coefficient (Wildman–Crippen LogP) is 2.06. The number of nitrogens with zero attached hydrogens (tertiary/aromatic N) is 4. The monoisotopic (exact) mass is 314 g/mol. The largest absolute Gasteiger partial charge is 0.445 e. The molecule has 0 atom stereocenters. The van der Waals surface area contributed by atoms with E-state index in [0.717, 1.165) is 18.4 Å². The molecule has 1 aliphatic rings. The molecule has 2 heterocycles. The van der Waals surface area contributed by atoms with Crippen molar-refractivity contribution in [1.29, 1.82) is 0 Å². The first-order valence-corrected chi connectivity index (χ1v) is 7.59. The molecule has 7 heteroatoms. The molecule has 0 radical (unpaired) electrons. The maximum atomic E-state index is 12.1. The van der Waals surface area contributed by atoms with Gasteiger partial charge < -0.3 is 9.64 Å². The molecule has 1 saturated heterocycles. The Morgan fingerprint density at radius 1 is 1.26 bits per heavy atom. The zero-order valence-electron chi connectivity index (χ0n) is 12.7. The maximum Gasteiger partial charge on any atom is 0.410 e. The molecule has 0 unspecified atom stereocenters. The van der Waals surface area contributed by atoms with Gasteiger partial charge in [-0.1, -0.05) is 35.5 Å². The molecule has 120 valence electrons. The Morgan fingerprint density at radius 3 is 2.65 bits per heavy atom. The minimum absolute atomic E-state index is 0.161. The average molecular weight is 314 g/mol. The summed E-state index contributed by atoms with van der Waals surface area (Å²) in [5, 5.41) is 7.72. The number of piperidine rings is 1.